The van der Waals surface area contributed by atoms with Crippen LogP contribution in [0.25, 0.3) is 0 Å². The minimum absolute atomic E-state index is 0.165. The third-order valence-corrected chi connectivity index (χ3v) is 8.93. The Morgan fingerprint density at radius 2 is 1.95 bits per heavy atom. The molecule has 7 nitrogen and oxygen atoms in total. The van der Waals surface area contributed by atoms with E-state index >= 15 is 0 Å². The van der Waals surface area contributed by atoms with Gasteiger partial charge in [0.15, 0.2) is 0 Å². The summed E-state index contributed by atoms with van der Waals surface area (Å²) in [4.78, 5) is 40.3. The first-order valence-corrected chi connectivity index (χ1v) is 13.1. The molecule has 3 aliphatic heterocycles. The number of fused-ring (bicyclic) bond motifs is 5. The number of nitriles is 1. The molecule has 0 radical (unpaired) electrons. The zero-order valence-corrected chi connectivity index (χ0v) is 21.4. The second kappa shape index (κ2) is 9.13. The largest absolute Gasteiger partial charge is 0.417 e. The topological polar surface area (TPSA) is 99.5 Å². The van der Waals surface area contributed by atoms with Crippen LogP contribution in [0.2, 0.25) is 0 Å². The number of nitrogens with zero attached hydrogens (tertiary/aromatic N) is 2. The smallest absolute Gasteiger partial charge is 0.370 e. The van der Waals surface area contributed by atoms with Crippen LogP contribution in [0.4, 0.5) is 24.5 Å². The van der Waals surface area contributed by atoms with E-state index in [4.69, 9.17) is 10.00 Å². The van der Waals surface area contributed by atoms with Crippen LogP contribution in [0.1, 0.15) is 44.2 Å². The maximum absolute atomic E-state index is 13.8. The SMILES string of the molecule is CC(=O)Nc1ccc(SCC[C@@]23CC[C@@H](O2)[C@H]2C(=O)N(c4ccc(C#N)c(C(F)(F)F)c4)C(=O)[C@]23C)cc1. The number of anilines is 2. The zero-order chi connectivity index (χ0) is 27.5. The van der Waals surface area contributed by atoms with Crippen LogP contribution in [0, 0.1) is 22.7 Å². The normalized spacial score (nSPS) is 27.9. The summed E-state index contributed by atoms with van der Waals surface area (Å²) in [7, 11) is 0. The van der Waals surface area contributed by atoms with E-state index in [0.717, 1.165) is 15.9 Å². The summed E-state index contributed by atoms with van der Waals surface area (Å²) in [6.45, 7) is 3.12. The summed E-state index contributed by atoms with van der Waals surface area (Å²) in [5.74, 6) is -1.50. The highest BCUT2D eigenvalue weighted by Gasteiger charge is 2.76. The molecule has 0 saturated carbocycles. The van der Waals surface area contributed by atoms with Gasteiger partial charge in [0.25, 0.3) is 0 Å². The fraction of sp³-hybridized carbons (Fsp3) is 0.407. The number of thioether (sulfide) groups is 1. The van der Waals surface area contributed by atoms with Crippen molar-refractivity contribution in [1.29, 1.82) is 5.26 Å². The van der Waals surface area contributed by atoms with Crippen molar-refractivity contribution in [2.24, 2.45) is 11.3 Å². The Morgan fingerprint density at radius 1 is 1.24 bits per heavy atom. The molecule has 0 spiro atoms. The van der Waals surface area contributed by atoms with Crippen LogP contribution in [-0.2, 0) is 25.3 Å². The molecule has 1 N–H and O–H groups in total. The molecule has 0 aliphatic carbocycles. The molecule has 3 amide bonds. The molecule has 38 heavy (non-hydrogen) atoms. The van der Waals surface area contributed by atoms with Crippen LogP contribution in [0.5, 0.6) is 0 Å². The number of alkyl halides is 3. The van der Waals surface area contributed by atoms with E-state index in [1.165, 1.54) is 19.1 Å². The van der Waals surface area contributed by atoms with Crippen LogP contribution in [-0.4, -0.2) is 35.2 Å². The van der Waals surface area contributed by atoms with Gasteiger partial charge in [0.05, 0.1) is 45.9 Å². The fourth-order valence-electron chi connectivity index (χ4n) is 6.12. The first kappa shape index (κ1) is 26.3. The van der Waals surface area contributed by atoms with Crippen molar-refractivity contribution in [3.8, 4) is 6.07 Å². The Labute approximate surface area is 221 Å². The van der Waals surface area contributed by atoms with E-state index in [1.807, 2.05) is 12.1 Å². The van der Waals surface area contributed by atoms with Gasteiger partial charge in [-0.25, -0.2) is 4.90 Å². The van der Waals surface area contributed by atoms with Crippen molar-refractivity contribution in [2.75, 3.05) is 16.0 Å². The lowest BCUT2D eigenvalue weighted by Crippen LogP contribution is -2.51. The molecular weight excluding hydrogens is 519 g/mol. The molecule has 3 heterocycles. The lowest BCUT2D eigenvalue weighted by Gasteiger charge is -2.40. The van der Waals surface area contributed by atoms with Gasteiger partial charge in [-0.2, -0.15) is 18.4 Å². The summed E-state index contributed by atoms with van der Waals surface area (Å²) in [6, 6.07) is 11.8. The summed E-state index contributed by atoms with van der Waals surface area (Å²) in [6.07, 6.45) is -3.66. The van der Waals surface area contributed by atoms with Gasteiger partial charge < -0.3 is 10.1 Å². The van der Waals surface area contributed by atoms with Crippen LogP contribution < -0.4 is 10.2 Å². The molecule has 2 aromatic rings. The second-order valence-corrected chi connectivity index (χ2v) is 11.2. The highest BCUT2D eigenvalue weighted by atomic mass is 32.2. The molecule has 3 fully saturated rings. The van der Waals surface area contributed by atoms with Gasteiger partial charge in [0, 0.05) is 23.3 Å². The molecule has 2 aromatic carbocycles. The predicted molar refractivity (Wildman–Crippen MR) is 133 cm³/mol. The van der Waals surface area contributed by atoms with Crippen molar-refractivity contribution < 1.29 is 32.3 Å². The maximum atomic E-state index is 13.8. The van der Waals surface area contributed by atoms with Crippen LogP contribution >= 0.6 is 11.8 Å². The Kier molecular flexibility index (Phi) is 6.31. The van der Waals surface area contributed by atoms with Crippen LogP contribution in [0.3, 0.4) is 0 Å². The lowest BCUT2D eigenvalue weighted by atomic mass is 9.61. The Bertz CT molecular complexity index is 1370. The van der Waals surface area contributed by atoms with Crippen LogP contribution in [0.15, 0.2) is 47.4 Å². The predicted octanol–water partition coefficient (Wildman–Crippen LogP) is 5.14. The van der Waals surface area contributed by atoms with Crippen molar-refractivity contribution >= 4 is 40.9 Å². The van der Waals surface area contributed by atoms with Crippen molar-refractivity contribution in [2.45, 2.75) is 55.9 Å². The molecular formula is C27H24F3N3O4S. The lowest BCUT2D eigenvalue weighted by molar-refractivity contribution is -0.138. The number of halogens is 3. The van der Waals surface area contributed by atoms with E-state index < -0.39 is 52.2 Å². The highest BCUT2D eigenvalue weighted by molar-refractivity contribution is 7.99. The van der Waals surface area contributed by atoms with Gasteiger partial charge >= 0.3 is 6.18 Å². The number of amides is 3. The molecule has 5 rings (SSSR count). The number of benzene rings is 2. The first-order chi connectivity index (χ1) is 17.9. The molecule has 4 atom stereocenters. The summed E-state index contributed by atoms with van der Waals surface area (Å²) >= 11 is 1.55. The van der Waals surface area contributed by atoms with Gasteiger partial charge in [0.2, 0.25) is 17.7 Å². The molecule has 2 bridgehead atoms. The number of hydrogen-bond acceptors (Lipinski definition) is 6. The molecule has 0 aromatic heterocycles. The van der Waals surface area contributed by atoms with E-state index in [9.17, 15) is 27.6 Å². The van der Waals surface area contributed by atoms with Gasteiger partial charge in [-0.05, 0) is 68.7 Å². The summed E-state index contributed by atoms with van der Waals surface area (Å²) < 4.78 is 47.0. The Morgan fingerprint density at radius 3 is 2.58 bits per heavy atom. The minimum Gasteiger partial charge on any atom is -0.370 e. The number of carbonyl (C=O) groups is 3. The van der Waals surface area contributed by atoms with Crippen molar-refractivity contribution in [3.05, 3.63) is 53.6 Å². The maximum Gasteiger partial charge on any atom is 0.417 e. The standard InChI is InChI=1S/C27H24F3N3O4S/c1-15(34)32-17-4-7-19(8-5-17)38-12-11-26-10-9-21(37-26)22-23(35)33(24(36)25(22,26)2)18-6-3-16(14-31)20(13-18)27(28,29)30/h3-8,13,21-22H,9-12H2,1-2H3,(H,32,34)/t21-,22+,25+,26-/m1/s1. The fourth-order valence-corrected chi connectivity index (χ4v) is 7.12. The van der Waals surface area contributed by atoms with Crippen molar-refractivity contribution in [1.82, 2.24) is 0 Å². The number of ether oxygens (including phenoxy) is 1. The molecule has 198 valence electrons. The summed E-state index contributed by atoms with van der Waals surface area (Å²) in [5, 5.41) is 11.8. The van der Waals surface area contributed by atoms with E-state index in [-0.39, 0.29) is 11.6 Å². The van der Waals surface area contributed by atoms with Gasteiger partial charge in [-0.3, -0.25) is 14.4 Å². The Balaban J connectivity index is 1.38. The number of rotatable bonds is 6. The third kappa shape index (κ3) is 3.98. The van der Waals surface area contributed by atoms with E-state index in [0.29, 0.717) is 36.8 Å². The highest BCUT2D eigenvalue weighted by Crippen LogP contribution is 2.64. The monoisotopic (exact) mass is 543 g/mol. The molecule has 3 aliphatic rings. The Hall–Kier alpha value is -3.36. The average Bonchev–Trinajstić information content (AvgIpc) is 3.45. The quantitative estimate of drug-likeness (QED) is 0.400. The molecule has 11 heteroatoms. The van der Waals surface area contributed by atoms with Gasteiger partial charge in [0.1, 0.15) is 0 Å². The number of carbonyl (C=O) groups excluding carboxylic acids is 3. The molecule has 0 unspecified atom stereocenters. The minimum atomic E-state index is -4.81. The van der Waals surface area contributed by atoms with Gasteiger partial charge in [-0.15, -0.1) is 11.8 Å². The summed E-state index contributed by atoms with van der Waals surface area (Å²) in [5.41, 5.74) is -3.39. The second-order valence-electron chi connectivity index (χ2n) is 9.99. The van der Waals surface area contributed by atoms with Gasteiger partial charge in [-0.1, -0.05) is 0 Å². The zero-order valence-electron chi connectivity index (χ0n) is 20.6. The number of hydrogen-bond donors (Lipinski definition) is 1. The number of imide groups is 1. The van der Waals surface area contributed by atoms with E-state index in [2.05, 4.69) is 5.32 Å². The first-order valence-electron chi connectivity index (χ1n) is 12.1. The van der Waals surface area contributed by atoms with E-state index in [1.54, 1.807) is 30.8 Å². The number of nitrogens with one attached hydrogen (secondary N) is 1. The third-order valence-electron chi connectivity index (χ3n) is 7.92. The molecule has 3 saturated heterocycles. The average molecular weight is 544 g/mol. The van der Waals surface area contributed by atoms with Crippen molar-refractivity contribution in [3.63, 3.8) is 0 Å².